The number of benzene rings is 2. The molecule has 0 spiro atoms. The molecule has 3 aromatic heterocycles. The third-order valence-electron chi connectivity index (χ3n) is 5.19. The zero-order valence-corrected chi connectivity index (χ0v) is 16.8. The summed E-state index contributed by atoms with van der Waals surface area (Å²) in [6, 6.07) is 25.4. The number of pyridine rings is 2. The summed E-state index contributed by atoms with van der Waals surface area (Å²) in [5.74, 6) is 1.10. The fourth-order valence-electron chi connectivity index (χ4n) is 3.56. The first kappa shape index (κ1) is 18.5. The van der Waals surface area contributed by atoms with Crippen LogP contribution in [0.4, 0.5) is 5.82 Å². The van der Waals surface area contributed by atoms with Gasteiger partial charge in [0.15, 0.2) is 11.5 Å². The van der Waals surface area contributed by atoms with Crippen LogP contribution in [0.3, 0.4) is 0 Å². The van der Waals surface area contributed by atoms with Crippen molar-refractivity contribution < 1.29 is 0 Å². The Hall–Kier alpha value is -4.50. The lowest BCUT2D eigenvalue weighted by Gasteiger charge is -2.11. The second kappa shape index (κ2) is 7.39. The smallest absolute Gasteiger partial charge is 0.165 e. The average molecular weight is 402 g/mol. The number of imidazole rings is 1. The summed E-state index contributed by atoms with van der Waals surface area (Å²) in [7, 11) is 0. The van der Waals surface area contributed by atoms with Gasteiger partial charge in [-0.05, 0) is 55.5 Å². The average Bonchev–Trinajstić information content (AvgIpc) is 3.18. The second-order valence-corrected chi connectivity index (χ2v) is 7.27. The van der Waals surface area contributed by atoms with E-state index in [1.165, 1.54) is 5.56 Å². The van der Waals surface area contributed by atoms with Crippen LogP contribution in [-0.2, 0) is 0 Å². The molecule has 0 saturated carbocycles. The predicted molar refractivity (Wildman–Crippen MR) is 121 cm³/mol. The van der Waals surface area contributed by atoms with E-state index in [0.29, 0.717) is 17.2 Å². The number of hydrogen-bond donors (Lipinski definition) is 1. The lowest BCUT2D eigenvalue weighted by molar-refractivity contribution is 1.07. The van der Waals surface area contributed by atoms with Gasteiger partial charge in [0.1, 0.15) is 11.3 Å². The molecule has 5 rings (SSSR count). The lowest BCUT2D eigenvalue weighted by Crippen LogP contribution is -2.02. The van der Waals surface area contributed by atoms with E-state index in [1.54, 1.807) is 18.3 Å². The number of fused-ring (bicyclic) bond motifs is 1. The molecule has 0 aliphatic carbocycles. The SMILES string of the molecule is Cc1ccc(-n2c(-c3cccnc3N)nc3ccc(-c4ccc(C#N)cc4)nc32)cc1. The van der Waals surface area contributed by atoms with Gasteiger partial charge < -0.3 is 5.73 Å². The first-order chi connectivity index (χ1) is 15.1. The lowest BCUT2D eigenvalue weighted by atomic mass is 10.1. The Morgan fingerprint density at radius 1 is 0.903 bits per heavy atom. The molecule has 0 saturated heterocycles. The van der Waals surface area contributed by atoms with Gasteiger partial charge in [0.05, 0.1) is 22.9 Å². The molecular weight excluding hydrogens is 384 g/mol. The van der Waals surface area contributed by atoms with Gasteiger partial charge in [-0.2, -0.15) is 5.26 Å². The molecule has 0 amide bonds. The van der Waals surface area contributed by atoms with Crippen molar-refractivity contribution in [3.8, 4) is 34.4 Å². The number of nitrogens with two attached hydrogens (primary N) is 1. The van der Waals surface area contributed by atoms with E-state index in [1.807, 2.05) is 53.1 Å². The van der Waals surface area contributed by atoms with Crippen molar-refractivity contribution in [2.75, 3.05) is 5.73 Å². The Morgan fingerprint density at radius 2 is 1.68 bits per heavy atom. The second-order valence-electron chi connectivity index (χ2n) is 7.27. The number of nitriles is 1. The highest BCUT2D eigenvalue weighted by Crippen LogP contribution is 2.31. The van der Waals surface area contributed by atoms with E-state index < -0.39 is 0 Å². The normalized spacial score (nSPS) is 10.8. The minimum atomic E-state index is 0.415. The van der Waals surface area contributed by atoms with Gasteiger partial charge in [-0.1, -0.05) is 29.8 Å². The molecule has 31 heavy (non-hydrogen) atoms. The van der Waals surface area contributed by atoms with Crippen LogP contribution in [0.5, 0.6) is 0 Å². The van der Waals surface area contributed by atoms with Crippen molar-refractivity contribution in [2.24, 2.45) is 0 Å². The van der Waals surface area contributed by atoms with E-state index in [-0.39, 0.29) is 0 Å². The maximum atomic E-state index is 9.06. The Labute approximate surface area is 179 Å². The van der Waals surface area contributed by atoms with E-state index in [9.17, 15) is 0 Å². The molecule has 0 bridgehead atoms. The number of hydrogen-bond acceptors (Lipinski definition) is 5. The Kier molecular flexibility index (Phi) is 4.42. The summed E-state index contributed by atoms with van der Waals surface area (Å²) in [6.45, 7) is 2.05. The summed E-state index contributed by atoms with van der Waals surface area (Å²) in [5.41, 5.74) is 12.9. The zero-order valence-electron chi connectivity index (χ0n) is 16.8. The highest BCUT2D eigenvalue weighted by Gasteiger charge is 2.18. The van der Waals surface area contributed by atoms with E-state index in [4.69, 9.17) is 21.0 Å². The number of rotatable bonds is 3. The first-order valence-electron chi connectivity index (χ1n) is 9.82. The summed E-state index contributed by atoms with van der Waals surface area (Å²) in [4.78, 5) is 14.0. The molecule has 0 aliphatic heterocycles. The van der Waals surface area contributed by atoms with Crippen molar-refractivity contribution in [3.63, 3.8) is 0 Å². The van der Waals surface area contributed by atoms with Crippen LogP contribution >= 0.6 is 0 Å². The molecule has 2 N–H and O–H groups in total. The van der Waals surface area contributed by atoms with Gasteiger partial charge in [-0.25, -0.2) is 15.0 Å². The number of nitrogen functional groups attached to an aromatic ring is 1. The summed E-state index contributed by atoms with van der Waals surface area (Å²) >= 11 is 0. The van der Waals surface area contributed by atoms with Crippen molar-refractivity contribution in [2.45, 2.75) is 6.92 Å². The Morgan fingerprint density at radius 3 is 2.39 bits per heavy atom. The topological polar surface area (TPSA) is 93.4 Å². The minimum absolute atomic E-state index is 0.415. The maximum absolute atomic E-state index is 9.06. The maximum Gasteiger partial charge on any atom is 0.165 e. The molecule has 0 radical (unpaired) electrons. The standard InChI is InChI=1S/C25H18N6/c1-16-4-10-19(11-5-16)31-24(20-3-2-14-28-23(20)27)30-22-13-12-21(29-25(22)31)18-8-6-17(15-26)7-9-18/h2-14H,1H3,(H2,27,28). The number of aromatic nitrogens is 4. The molecule has 0 aliphatic rings. The van der Waals surface area contributed by atoms with E-state index in [0.717, 1.165) is 33.7 Å². The van der Waals surface area contributed by atoms with Crippen LogP contribution in [0.25, 0.3) is 39.5 Å². The van der Waals surface area contributed by atoms with Crippen molar-refractivity contribution in [3.05, 3.63) is 90.1 Å². The number of nitrogens with zero attached hydrogens (tertiary/aromatic N) is 5. The van der Waals surface area contributed by atoms with Gasteiger partial charge in [0.2, 0.25) is 0 Å². The van der Waals surface area contributed by atoms with Crippen LogP contribution in [0, 0.1) is 18.3 Å². The molecule has 3 heterocycles. The molecule has 148 valence electrons. The summed E-state index contributed by atoms with van der Waals surface area (Å²) in [5, 5.41) is 9.06. The highest BCUT2D eigenvalue weighted by molar-refractivity contribution is 5.84. The quantitative estimate of drug-likeness (QED) is 0.463. The third-order valence-corrected chi connectivity index (χ3v) is 5.19. The fourth-order valence-corrected chi connectivity index (χ4v) is 3.56. The Bertz CT molecular complexity index is 1440. The van der Waals surface area contributed by atoms with Crippen molar-refractivity contribution in [1.29, 1.82) is 5.26 Å². The Balaban J connectivity index is 1.77. The molecule has 2 aromatic carbocycles. The molecular formula is C25H18N6. The van der Waals surface area contributed by atoms with Crippen LogP contribution < -0.4 is 5.73 Å². The van der Waals surface area contributed by atoms with Gasteiger partial charge in [0, 0.05) is 17.4 Å². The van der Waals surface area contributed by atoms with Crippen LogP contribution in [-0.4, -0.2) is 19.5 Å². The highest BCUT2D eigenvalue weighted by atomic mass is 15.1. The van der Waals surface area contributed by atoms with Crippen LogP contribution in [0.1, 0.15) is 11.1 Å². The first-order valence-corrected chi connectivity index (χ1v) is 9.82. The van der Waals surface area contributed by atoms with E-state index in [2.05, 4.69) is 30.1 Å². The molecule has 0 atom stereocenters. The number of anilines is 1. The monoisotopic (exact) mass is 402 g/mol. The molecule has 0 fully saturated rings. The van der Waals surface area contributed by atoms with Crippen LogP contribution in [0.2, 0.25) is 0 Å². The van der Waals surface area contributed by atoms with E-state index >= 15 is 0 Å². The summed E-state index contributed by atoms with van der Waals surface area (Å²) in [6.07, 6.45) is 1.67. The van der Waals surface area contributed by atoms with Gasteiger partial charge >= 0.3 is 0 Å². The number of aryl methyl sites for hydroxylation is 1. The zero-order chi connectivity index (χ0) is 21.4. The van der Waals surface area contributed by atoms with Gasteiger partial charge in [-0.3, -0.25) is 4.57 Å². The molecule has 6 nitrogen and oxygen atoms in total. The third kappa shape index (κ3) is 3.28. The largest absolute Gasteiger partial charge is 0.383 e. The predicted octanol–water partition coefficient (Wildman–Crippen LogP) is 4.91. The molecule has 5 aromatic rings. The van der Waals surface area contributed by atoms with Crippen LogP contribution in [0.15, 0.2) is 79.0 Å². The molecule has 6 heteroatoms. The summed E-state index contributed by atoms with van der Waals surface area (Å²) < 4.78 is 2.01. The molecule has 0 unspecified atom stereocenters. The van der Waals surface area contributed by atoms with Gasteiger partial charge in [0.25, 0.3) is 0 Å². The van der Waals surface area contributed by atoms with Gasteiger partial charge in [-0.15, -0.1) is 0 Å². The van der Waals surface area contributed by atoms with Crippen molar-refractivity contribution in [1.82, 2.24) is 19.5 Å². The fraction of sp³-hybridized carbons (Fsp3) is 0.0400. The minimum Gasteiger partial charge on any atom is -0.383 e. The van der Waals surface area contributed by atoms with Crippen molar-refractivity contribution >= 4 is 17.0 Å².